The second-order valence-electron chi connectivity index (χ2n) is 5.25. The maximum Gasteiger partial charge on any atom is 0.417 e. The molecule has 19 heavy (non-hydrogen) atoms. The van der Waals surface area contributed by atoms with Crippen LogP contribution in [0.3, 0.4) is 0 Å². The molecule has 1 aromatic carbocycles. The standard InChI is InChI=1S/C14H20N2O3/c1-9(2)12(8-17)16(3)7-10-4-5-13-11(6-10)15-14(18)19-13/h4-6,9,12,17H,7-8H2,1-3H3,(H,15,18). The monoisotopic (exact) mass is 264 g/mol. The third-order valence-corrected chi connectivity index (χ3v) is 3.44. The summed E-state index contributed by atoms with van der Waals surface area (Å²) in [5.41, 5.74) is 2.35. The summed E-state index contributed by atoms with van der Waals surface area (Å²) in [6.45, 7) is 5.04. The molecule has 1 atom stereocenters. The molecule has 1 unspecified atom stereocenters. The van der Waals surface area contributed by atoms with Gasteiger partial charge in [-0.15, -0.1) is 0 Å². The van der Waals surface area contributed by atoms with Crippen LogP contribution >= 0.6 is 0 Å². The van der Waals surface area contributed by atoms with Gasteiger partial charge in [-0.25, -0.2) is 4.79 Å². The molecule has 5 heteroatoms. The zero-order valence-electron chi connectivity index (χ0n) is 11.5. The highest BCUT2D eigenvalue weighted by atomic mass is 16.4. The van der Waals surface area contributed by atoms with Gasteiger partial charge < -0.3 is 9.52 Å². The number of H-pyrrole nitrogens is 1. The summed E-state index contributed by atoms with van der Waals surface area (Å²) in [6, 6.07) is 5.76. The Bertz CT molecular complexity index is 600. The first-order chi connectivity index (χ1) is 9.01. The molecule has 0 aliphatic rings. The van der Waals surface area contributed by atoms with Crippen molar-refractivity contribution in [2.75, 3.05) is 13.7 Å². The summed E-state index contributed by atoms with van der Waals surface area (Å²) in [6.07, 6.45) is 0. The molecule has 0 bridgehead atoms. The lowest BCUT2D eigenvalue weighted by Crippen LogP contribution is -2.38. The number of rotatable bonds is 5. The molecule has 2 N–H and O–H groups in total. The quantitative estimate of drug-likeness (QED) is 0.860. The average Bonchev–Trinajstić information content (AvgIpc) is 2.68. The van der Waals surface area contributed by atoms with Crippen molar-refractivity contribution < 1.29 is 9.52 Å². The predicted octanol–water partition coefficient (Wildman–Crippen LogP) is 1.57. The van der Waals surface area contributed by atoms with Crippen LogP contribution in [-0.4, -0.2) is 34.7 Å². The highest BCUT2D eigenvalue weighted by molar-refractivity contribution is 5.72. The fourth-order valence-corrected chi connectivity index (χ4v) is 2.36. The van der Waals surface area contributed by atoms with Gasteiger partial charge in [-0.2, -0.15) is 0 Å². The number of hydrogen-bond acceptors (Lipinski definition) is 4. The van der Waals surface area contributed by atoms with E-state index in [-0.39, 0.29) is 12.6 Å². The van der Waals surface area contributed by atoms with Crippen LogP contribution in [0, 0.1) is 5.92 Å². The van der Waals surface area contributed by atoms with Gasteiger partial charge in [0.15, 0.2) is 5.58 Å². The minimum absolute atomic E-state index is 0.124. The Hall–Kier alpha value is -1.59. The van der Waals surface area contributed by atoms with Gasteiger partial charge in [0, 0.05) is 12.6 Å². The van der Waals surface area contributed by atoms with Gasteiger partial charge in [-0.05, 0) is 30.7 Å². The van der Waals surface area contributed by atoms with Crippen LogP contribution in [0.4, 0.5) is 0 Å². The van der Waals surface area contributed by atoms with E-state index < -0.39 is 5.76 Å². The Morgan fingerprint density at radius 2 is 2.16 bits per heavy atom. The maximum atomic E-state index is 11.1. The number of nitrogens with zero attached hydrogens (tertiary/aromatic N) is 1. The van der Waals surface area contributed by atoms with Crippen molar-refractivity contribution in [1.29, 1.82) is 0 Å². The predicted molar refractivity (Wildman–Crippen MR) is 74.0 cm³/mol. The summed E-state index contributed by atoms with van der Waals surface area (Å²) in [5.74, 6) is -0.0524. The Morgan fingerprint density at radius 3 is 2.79 bits per heavy atom. The Balaban J connectivity index is 2.18. The van der Waals surface area contributed by atoms with Gasteiger partial charge >= 0.3 is 5.76 Å². The number of hydrogen-bond donors (Lipinski definition) is 2. The molecule has 2 rings (SSSR count). The third-order valence-electron chi connectivity index (χ3n) is 3.44. The Morgan fingerprint density at radius 1 is 1.42 bits per heavy atom. The molecular formula is C14H20N2O3. The van der Waals surface area contributed by atoms with Gasteiger partial charge in [-0.3, -0.25) is 9.88 Å². The molecule has 0 radical (unpaired) electrons. The van der Waals surface area contributed by atoms with E-state index in [1.165, 1.54) is 0 Å². The highest BCUT2D eigenvalue weighted by Crippen LogP contribution is 2.16. The van der Waals surface area contributed by atoms with Crippen molar-refractivity contribution in [2.45, 2.75) is 26.4 Å². The molecular weight excluding hydrogens is 244 g/mol. The first-order valence-corrected chi connectivity index (χ1v) is 6.44. The van der Waals surface area contributed by atoms with Gasteiger partial charge in [-0.1, -0.05) is 19.9 Å². The first-order valence-electron chi connectivity index (χ1n) is 6.44. The van der Waals surface area contributed by atoms with E-state index in [9.17, 15) is 9.90 Å². The zero-order valence-corrected chi connectivity index (χ0v) is 11.5. The Labute approximate surface area is 111 Å². The van der Waals surface area contributed by atoms with Gasteiger partial charge in [0.05, 0.1) is 12.1 Å². The van der Waals surface area contributed by atoms with E-state index in [0.29, 0.717) is 23.6 Å². The molecule has 0 saturated heterocycles. The van der Waals surface area contributed by atoms with E-state index in [4.69, 9.17) is 4.42 Å². The summed E-state index contributed by atoms with van der Waals surface area (Å²) in [7, 11) is 1.99. The van der Waals surface area contributed by atoms with Gasteiger partial charge in [0.2, 0.25) is 0 Å². The van der Waals surface area contributed by atoms with Crippen molar-refractivity contribution in [3.8, 4) is 0 Å². The first kappa shape index (κ1) is 13.8. The minimum Gasteiger partial charge on any atom is -0.408 e. The van der Waals surface area contributed by atoms with Crippen molar-refractivity contribution in [3.05, 3.63) is 34.3 Å². The minimum atomic E-state index is -0.434. The van der Waals surface area contributed by atoms with E-state index in [0.717, 1.165) is 5.56 Å². The lowest BCUT2D eigenvalue weighted by molar-refractivity contribution is 0.108. The lowest BCUT2D eigenvalue weighted by Gasteiger charge is -2.29. The number of nitrogens with one attached hydrogen (secondary N) is 1. The van der Waals surface area contributed by atoms with Crippen LogP contribution in [0.25, 0.3) is 11.1 Å². The van der Waals surface area contributed by atoms with E-state index in [1.54, 1.807) is 6.07 Å². The van der Waals surface area contributed by atoms with Crippen LogP contribution in [0.2, 0.25) is 0 Å². The van der Waals surface area contributed by atoms with Crippen LogP contribution < -0.4 is 5.76 Å². The fraction of sp³-hybridized carbons (Fsp3) is 0.500. The topological polar surface area (TPSA) is 69.5 Å². The molecule has 104 valence electrons. The van der Waals surface area contributed by atoms with Crippen LogP contribution in [-0.2, 0) is 6.54 Å². The number of aliphatic hydroxyl groups is 1. The molecule has 0 aliphatic heterocycles. The number of likely N-dealkylation sites (N-methyl/N-ethyl adjacent to an activating group) is 1. The van der Waals surface area contributed by atoms with Crippen LogP contribution in [0.15, 0.2) is 27.4 Å². The van der Waals surface area contributed by atoms with E-state index in [2.05, 4.69) is 23.7 Å². The van der Waals surface area contributed by atoms with Gasteiger partial charge in [0.1, 0.15) is 0 Å². The number of oxazole rings is 1. The molecule has 1 aromatic heterocycles. The SMILES string of the molecule is CC(C)C(CO)N(C)Cc1ccc2oc(=O)[nH]c2c1. The molecule has 0 saturated carbocycles. The summed E-state index contributed by atoms with van der Waals surface area (Å²) in [5, 5.41) is 9.42. The molecule has 0 fully saturated rings. The van der Waals surface area contributed by atoms with Gasteiger partial charge in [0.25, 0.3) is 0 Å². The van der Waals surface area contributed by atoms with Crippen LogP contribution in [0.5, 0.6) is 0 Å². The second-order valence-corrected chi connectivity index (χ2v) is 5.25. The lowest BCUT2D eigenvalue weighted by atomic mass is 10.0. The molecule has 5 nitrogen and oxygen atoms in total. The largest absolute Gasteiger partial charge is 0.417 e. The van der Waals surface area contributed by atoms with E-state index >= 15 is 0 Å². The molecule has 0 spiro atoms. The number of fused-ring (bicyclic) bond motifs is 1. The molecule has 2 aromatic rings. The fourth-order valence-electron chi connectivity index (χ4n) is 2.36. The number of aliphatic hydroxyl groups excluding tert-OH is 1. The number of aromatic amines is 1. The maximum absolute atomic E-state index is 11.1. The van der Waals surface area contributed by atoms with Crippen molar-refractivity contribution in [3.63, 3.8) is 0 Å². The molecule has 0 aliphatic carbocycles. The third kappa shape index (κ3) is 3.05. The Kier molecular flexibility index (Phi) is 4.07. The molecule has 0 amide bonds. The molecule has 1 heterocycles. The van der Waals surface area contributed by atoms with E-state index in [1.807, 2.05) is 19.2 Å². The highest BCUT2D eigenvalue weighted by Gasteiger charge is 2.17. The smallest absolute Gasteiger partial charge is 0.408 e. The number of benzene rings is 1. The van der Waals surface area contributed by atoms with Crippen LogP contribution in [0.1, 0.15) is 19.4 Å². The number of aromatic nitrogens is 1. The normalized spacial score (nSPS) is 13.6. The summed E-state index contributed by atoms with van der Waals surface area (Å²) in [4.78, 5) is 15.9. The zero-order chi connectivity index (χ0) is 14.0. The van der Waals surface area contributed by atoms with Crippen molar-refractivity contribution in [1.82, 2.24) is 9.88 Å². The average molecular weight is 264 g/mol. The van der Waals surface area contributed by atoms with Crippen molar-refractivity contribution >= 4 is 11.1 Å². The van der Waals surface area contributed by atoms with Crippen molar-refractivity contribution in [2.24, 2.45) is 5.92 Å². The second kappa shape index (κ2) is 5.59. The summed E-state index contributed by atoms with van der Waals surface area (Å²) >= 11 is 0. The summed E-state index contributed by atoms with van der Waals surface area (Å²) < 4.78 is 4.97.